The number of nitrogens with one attached hydrogen (secondary N) is 2. The van der Waals surface area contributed by atoms with Crippen molar-refractivity contribution >= 4 is 68.0 Å². The van der Waals surface area contributed by atoms with Gasteiger partial charge in [0.25, 0.3) is 5.89 Å². The molecule has 10 nitrogen and oxygen atoms in total. The van der Waals surface area contributed by atoms with E-state index < -0.39 is 16.8 Å². The van der Waals surface area contributed by atoms with E-state index >= 15 is 0 Å². The van der Waals surface area contributed by atoms with Crippen LogP contribution in [0.5, 0.6) is 11.5 Å². The lowest BCUT2D eigenvalue weighted by atomic mass is 9.82. The van der Waals surface area contributed by atoms with Crippen molar-refractivity contribution in [3.8, 4) is 45.5 Å². The number of fused-ring (bicyclic) bond motifs is 8. The van der Waals surface area contributed by atoms with Gasteiger partial charge in [-0.25, -0.2) is 4.98 Å². The summed E-state index contributed by atoms with van der Waals surface area (Å²) in [4.78, 5) is 25.8. The van der Waals surface area contributed by atoms with Crippen LogP contribution in [0.15, 0.2) is 61.8 Å². The molecule has 3 aromatic heterocycles. The molecule has 230 valence electrons. The maximum Gasteiger partial charge on any atom is 0.250 e. The second kappa shape index (κ2) is 9.79. The largest absolute Gasteiger partial charge is 0.506 e. The fraction of sp³-hybridized carbons (Fsp3) is 0.156. The molecule has 6 heterocycles. The van der Waals surface area contributed by atoms with E-state index in [0.29, 0.717) is 37.6 Å². The van der Waals surface area contributed by atoms with Crippen LogP contribution in [-0.2, 0) is 16.0 Å². The standard InChI is InChI=1S/C32H20BrCl2N5O5S/c1-11-30-39-22-26(44-30)32(16-8-12(9-17(33)23(16)41)10-18(36)29(42)37-11)15-6-2-5-14(24(15)45-46-32)13-4-3-7-19-20(13)21(27(34)38-19)25-28(35)40-31(22)43-25/h2-9,11,18,38,41H,10,36H2,1H3,(H,37,42). The Labute approximate surface area is 283 Å². The molecular formula is C32H20BrCl2N5O5S. The number of benzene rings is 3. The summed E-state index contributed by atoms with van der Waals surface area (Å²) in [6.07, 6.45) is 0.204. The molecule has 0 saturated heterocycles. The molecular weight excluding hydrogens is 717 g/mol. The first-order chi connectivity index (χ1) is 22.2. The van der Waals surface area contributed by atoms with Gasteiger partial charge in [-0.1, -0.05) is 53.5 Å². The number of aromatic nitrogens is 3. The molecule has 14 heteroatoms. The Balaban J connectivity index is 1.49. The molecule has 3 aromatic carbocycles. The Bertz CT molecular complexity index is 2320. The van der Waals surface area contributed by atoms with Crippen LogP contribution >= 0.6 is 51.2 Å². The maximum absolute atomic E-state index is 13.2. The smallest absolute Gasteiger partial charge is 0.250 e. The van der Waals surface area contributed by atoms with E-state index in [0.717, 1.165) is 34.1 Å². The highest BCUT2D eigenvalue weighted by molar-refractivity contribution is 9.10. The summed E-state index contributed by atoms with van der Waals surface area (Å²) in [5.74, 6) is 0.848. The van der Waals surface area contributed by atoms with Gasteiger partial charge in [-0.05, 0) is 58.6 Å². The van der Waals surface area contributed by atoms with Gasteiger partial charge in [0, 0.05) is 27.6 Å². The topological polar surface area (TPSA) is 152 Å². The first kappa shape index (κ1) is 28.3. The molecule has 0 fully saturated rings. The highest BCUT2D eigenvalue weighted by Crippen LogP contribution is 2.64. The van der Waals surface area contributed by atoms with Gasteiger partial charge in [0.15, 0.2) is 32.9 Å². The number of oxazole rings is 2. The van der Waals surface area contributed by atoms with Crippen molar-refractivity contribution in [3.63, 3.8) is 0 Å². The molecule has 0 radical (unpaired) electrons. The van der Waals surface area contributed by atoms with E-state index in [4.69, 9.17) is 46.9 Å². The number of amides is 1. The Morgan fingerprint density at radius 1 is 1.11 bits per heavy atom. The fourth-order valence-electron chi connectivity index (χ4n) is 6.62. The van der Waals surface area contributed by atoms with Crippen molar-refractivity contribution in [2.75, 3.05) is 0 Å². The summed E-state index contributed by atoms with van der Waals surface area (Å²) in [6.45, 7) is 1.75. The van der Waals surface area contributed by atoms with Crippen LogP contribution in [0, 0.1) is 0 Å². The number of carbonyl (C=O) groups is 1. The minimum absolute atomic E-state index is 0.0508. The van der Waals surface area contributed by atoms with Crippen LogP contribution in [0.2, 0.25) is 10.3 Å². The van der Waals surface area contributed by atoms with E-state index in [2.05, 4.69) is 31.2 Å². The van der Waals surface area contributed by atoms with Crippen LogP contribution in [0.3, 0.4) is 0 Å². The highest BCUT2D eigenvalue weighted by Gasteiger charge is 2.54. The number of hydrogen-bond acceptors (Lipinski definition) is 9. The SMILES string of the molecule is CC1NC(=O)C(N)Cc2cc(Br)c(O)c(c2)C23SOc4c(cccc42)-c2cccc4[nH]c(Cl)c(c24)-c2oc(nc2Cl)-c2nc1oc23. The number of halogens is 3. The van der Waals surface area contributed by atoms with Crippen molar-refractivity contribution in [3.05, 3.63) is 91.7 Å². The molecule has 10 bridgehead atoms. The van der Waals surface area contributed by atoms with Crippen LogP contribution in [0.4, 0.5) is 0 Å². The zero-order valence-corrected chi connectivity index (χ0v) is 27.5. The minimum Gasteiger partial charge on any atom is -0.506 e. The second-order valence-corrected chi connectivity index (χ2v) is 14.0. The average Bonchev–Trinajstić information content (AvgIpc) is 3.80. The third kappa shape index (κ3) is 3.73. The number of para-hydroxylation sites is 1. The Hall–Kier alpha value is -3.94. The number of nitrogens with two attached hydrogens (primary N) is 1. The number of phenols is 1. The van der Waals surface area contributed by atoms with Gasteiger partial charge in [0.05, 0.1) is 28.1 Å². The van der Waals surface area contributed by atoms with Gasteiger partial charge in [-0.3, -0.25) is 4.79 Å². The molecule has 0 aliphatic carbocycles. The van der Waals surface area contributed by atoms with E-state index in [9.17, 15) is 9.90 Å². The fourth-order valence-corrected chi connectivity index (χ4v) is 8.72. The summed E-state index contributed by atoms with van der Waals surface area (Å²) < 4.78 is 18.7. The maximum atomic E-state index is 13.2. The van der Waals surface area contributed by atoms with Crippen LogP contribution in [-0.4, -0.2) is 32.0 Å². The zero-order chi connectivity index (χ0) is 31.6. The lowest BCUT2D eigenvalue weighted by Crippen LogP contribution is -2.43. The third-order valence-corrected chi connectivity index (χ3v) is 11.0. The predicted octanol–water partition coefficient (Wildman–Crippen LogP) is 7.63. The van der Waals surface area contributed by atoms with Crippen LogP contribution in [0.1, 0.15) is 41.3 Å². The van der Waals surface area contributed by atoms with Crippen molar-refractivity contribution in [1.29, 1.82) is 0 Å². The van der Waals surface area contributed by atoms with E-state index in [1.54, 1.807) is 13.0 Å². The number of H-pyrrole nitrogens is 1. The first-order valence-electron chi connectivity index (χ1n) is 14.2. The highest BCUT2D eigenvalue weighted by atomic mass is 79.9. The molecule has 1 amide bonds. The summed E-state index contributed by atoms with van der Waals surface area (Å²) in [7, 11) is 0. The van der Waals surface area contributed by atoms with Gasteiger partial charge < -0.3 is 34.2 Å². The minimum atomic E-state index is -1.34. The van der Waals surface area contributed by atoms with Gasteiger partial charge >= 0.3 is 0 Å². The van der Waals surface area contributed by atoms with Gasteiger partial charge in [0.2, 0.25) is 11.8 Å². The molecule has 46 heavy (non-hydrogen) atoms. The number of carbonyl (C=O) groups excluding carboxylic acids is 1. The van der Waals surface area contributed by atoms with Crippen LogP contribution in [0.25, 0.3) is 44.9 Å². The Morgan fingerprint density at radius 2 is 1.91 bits per heavy atom. The number of aromatic amines is 1. The van der Waals surface area contributed by atoms with Gasteiger partial charge in [0.1, 0.15) is 16.9 Å². The Kier molecular flexibility index (Phi) is 6.02. The molecule has 3 unspecified atom stereocenters. The summed E-state index contributed by atoms with van der Waals surface area (Å²) in [5.41, 5.74) is 11.3. The van der Waals surface area contributed by atoms with Crippen LogP contribution < -0.4 is 15.2 Å². The summed E-state index contributed by atoms with van der Waals surface area (Å²) in [6, 6.07) is 13.6. The number of nitrogens with zero attached hydrogens (tertiary/aromatic N) is 2. The number of phenolic OH excluding ortho intramolecular Hbond substituents is 1. The van der Waals surface area contributed by atoms with Gasteiger partial charge in [-0.2, -0.15) is 4.98 Å². The van der Waals surface area contributed by atoms with E-state index in [1.165, 1.54) is 0 Å². The average molecular weight is 737 g/mol. The number of rotatable bonds is 0. The van der Waals surface area contributed by atoms with Gasteiger partial charge in [-0.15, -0.1) is 0 Å². The van der Waals surface area contributed by atoms with Crippen molar-refractivity contribution < 1.29 is 22.9 Å². The zero-order valence-electron chi connectivity index (χ0n) is 23.6. The normalized spacial score (nSPS) is 21.1. The predicted molar refractivity (Wildman–Crippen MR) is 177 cm³/mol. The molecule has 0 saturated carbocycles. The van der Waals surface area contributed by atoms with E-state index in [-0.39, 0.29) is 52.2 Å². The van der Waals surface area contributed by atoms with E-state index in [1.807, 2.05) is 42.5 Å². The third-order valence-electron chi connectivity index (χ3n) is 8.72. The number of aromatic hydroxyl groups is 1. The quantitative estimate of drug-likeness (QED) is 0.115. The molecule has 3 aliphatic rings. The second-order valence-electron chi connectivity index (χ2n) is 11.5. The molecule has 1 spiro atoms. The molecule has 3 atom stereocenters. The van der Waals surface area contributed by atoms with Crippen molar-refractivity contribution in [1.82, 2.24) is 20.3 Å². The molecule has 5 N–H and O–H groups in total. The lowest BCUT2D eigenvalue weighted by Gasteiger charge is -2.28. The molecule has 6 aromatic rings. The first-order valence-corrected chi connectivity index (χ1v) is 16.5. The van der Waals surface area contributed by atoms with Crippen molar-refractivity contribution in [2.45, 2.75) is 30.2 Å². The lowest BCUT2D eigenvalue weighted by molar-refractivity contribution is -0.123. The summed E-state index contributed by atoms with van der Waals surface area (Å²) in [5, 5.41) is 15.9. The molecule has 3 aliphatic heterocycles. The Morgan fingerprint density at radius 3 is 2.76 bits per heavy atom. The number of hydrogen-bond donors (Lipinski definition) is 4. The summed E-state index contributed by atoms with van der Waals surface area (Å²) >= 11 is 18.3. The molecule has 9 rings (SSSR count). The monoisotopic (exact) mass is 735 g/mol. The van der Waals surface area contributed by atoms with Crippen molar-refractivity contribution in [2.24, 2.45) is 5.73 Å².